The molecule has 28 heavy (non-hydrogen) atoms. The van der Waals surface area contributed by atoms with Crippen molar-refractivity contribution in [1.29, 1.82) is 5.26 Å². The van der Waals surface area contributed by atoms with Crippen LogP contribution in [0.1, 0.15) is 25.3 Å². The molecule has 0 saturated carbocycles. The molecule has 1 amide bonds. The number of halogens is 1. The number of nitrogens with one attached hydrogen (secondary N) is 1. The molecular weight excluding hydrogens is 388 g/mol. The largest absolute Gasteiger partial charge is 0.490 e. The minimum atomic E-state index is -1.16. The molecule has 1 fully saturated rings. The van der Waals surface area contributed by atoms with E-state index in [1.54, 1.807) is 6.92 Å². The highest BCUT2D eigenvalue weighted by molar-refractivity contribution is 6.32. The zero-order chi connectivity index (χ0) is 20.5. The number of amides is 1. The van der Waals surface area contributed by atoms with E-state index in [1.807, 2.05) is 6.07 Å². The van der Waals surface area contributed by atoms with Gasteiger partial charge < -0.3 is 24.6 Å². The lowest BCUT2D eigenvalue weighted by atomic mass is 10.1. The van der Waals surface area contributed by atoms with Crippen LogP contribution in [0.4, 0.5) is 0 Å². The van der Waals surface area contributed by atoms with E-state index in [0.717, 1.165) is 12.8 Å². The van der Waals surface area contributed by atoms with E-state index >= 15 is 0 Å². The zero-order valence-electron chi connectivity index (χ0n) is 15.4. The normalized spacial score (nSPS) is 16.3. The first-order chi connectivity index (χ1) is 13.4. The van der Waals surface area contributed by atoms with Crippen molar-refractivity contribution >= 4 is 29.6 Å². The molecular formula is C19H21ClN2O6. The van der Waals surface area contributed by atoms with Crippen LogP contribution in [-0.4, -0.2) is 49.5 Å². The van der Waals surface area contributed by atoms with Crippen molar-refractivity contribution in [1.82, 2.24) is 5.32 Å². The maximum Gasteiger partial charge on any atom is 0.341 e. The number of nitrogens with zero attached hydrogens (tertiary/aromatic N) is 1. The number of hydrogen-bond acceptors (Lipinski definition) is 6. The highest BCUT2D eigenvalue weighted by Gasteiger charge is 2.18. The Morgan fingerprint density at radius 3 is 2.86 bits per heavy atom. The summed E-state index contributed by atoms with van der Waals surface area (Å²) in [6.45, 7) is 2.47. The van der Waals surface area contributed by atoms with Crippen LogP contribution < -0.4 is 14.8 Å². The third kappa shape index (κ3) is 6.15. The van der Waals surface area contributed by atoms with Crippen molar-refractivity contribution in [3.05, 3.63) is 28.3 Å². The van der Waals surface area contributed by atoms with Crippen molar-refractivity contribution in [2.75, 3.05) is 26.4 Å². The van der Waals surface area contributed by atoms with Crippen LogP contribution in [0.2, 0.25) is 5.02 Å². The van der Waals surface area contributed by atoms with E-state index in [-0.39, 0.29) is 28.2 Å². The maximum atomic E-state index is 12.3. The molecule has 1 aliphatic rings. The summed E-state index contributed by atoms with van der Waals surface area (Å²) in [5.74, 6) is -1.36. The van der Waals surface area contributed by atoms with E-state index in [2.05, 4.69) is 5.32 Å². The number of carboxylic acid groups (broad SMARTS) is 1. The van der Waals surface area contributed by atoms with E-state index in [9.17, 15) is 14.9 Å². The molecule has 9 heteroatoms. The maximum absolute atomic E-state index is 12.3. The van der Waals surface area contributed by atoms with Gasteiger partial charge in [-0.3, -0.25) is 4.79 Å². The van der Waals surface area contributed by atoms with Gasteiger partial charge in [-0.1, -0.05) is 11.6 Å². The second-order valence-electron chi connectivity index (χ2n) is 5.96. The van der Waals surface area contributed by atoms with E-state index < -0.39 is 18.5 Å². The van der Waals surface area contributed by atoms with Gasteiger partial charge >= 0.3 is 5.97 Å². The van der Waals surface area contributed by atoms with Gasteiger partial charge in [-0.05, 0) is 43.5 Å². The summed E-state index contributed by atoms with van der Waals surface area (Å²) in [5, 5.41) is 20.9. The fourth-order valence-corrected chi connectivity index (χ4v) is 2.90. The third-order valence-corrected chi connectivity index (χ3v) is 4.14. The Balaban J connectivity index is 2.19. The number of aliphatic carboxylic acids is 1. The molecule has 150 valence electrons. The highest BCUT2D eigenvalue weighted by Crippen LogP contribution is 2.37. The molecule has 0 aromatic heterocycles. The van der Waals surface area contributed by atoms with Gasteiger partial charge in [-0.15, -0.1) is 0 Å². The van der Waals surface area contributed by atoms with Crippen LogP contribution in [0.3, 0.4) is 0 Å². The predicted molar refractivity (Wildman–Crippen MR) is 101 cm³/mol. The molecule has 1 aromatic carbocycles. The van der Waals surface area contributed by atoms with Crippen LogP contribution >= 0.6 is 11.6 Å². The van der Waals surface area contributed by atoms with Gasteiger partial charge in [0.15, 0.2) is 18.1 Å². The number of carbonyl (C=O) groups excluding carboxylic acids is 1. The molecule has 2 rings (SSSR count). The standard InChI is InChI=1S/C19H21ClN2O6/c1-2-26-16-8-12(7-15(20)18(16)28-11-17(23)24)6-13(9-21)19(25)22-10-14-4-3-5-27-14/h6-8,14H,2-5,10-11H2,1H3,(H,22,25)(H,23,24). The Morgan fingerprint density at radius 1 is 1.46 bits per heavy atom. The van der Waals surface area contributed by atoms with Crippen molar-refractivity contribution < 1.29 is 28.9 Å². The van der Waals surface area contributed by atoms with Crippen LogP contribution in [0.25, 0.3) is 6.08 Å². The van der Waals surface area contributed by atoms with Gasteiger partial charge in [0.1, 0.15) is 11.6 Å². The molecule has 0 spiro atoms. The lowest BCUT2D eigenvalue weighted by Crippen LogP contribution is -2.32. The zero-order valence-corrected chi connectivity index (χ0v) is 16.1. The molecule has 2 N–H and O–H groups in total. The van der Waals surface area contributed by atoms with Gasteiger partial charge in [0, 0.05) is 13.2 Å². The molecule has 1 heterocycles. The van der Waals surface area contributed by atoms with Crippen LogP contribution in [-0.2, 0) is 14.3 Å². The number of ether oxygens (including phenoxy) is 3. The molecule has 1 aromatic rings. The molecule has 0 aliphatic carbocycles. The molecule has 1 saturated heterocycles. The average molecular weight is 409 g/mol. The Labute approximate surface area is 167 Å². The highest BCUT2D eigenvalue weighted by atomic mass is 35.5. The summed E-state index contributed by atoms with van der Waals surface area (Å²) >= 11 is 6.18. The summed E-state index contributed by atoms with van der Waals surface area (Å²) in [6, 6.07) is 4.86. The predicted octanol–water partition coefficient (Wildman–Crippen LogP) is 2.40. The minimum Gasteiger partial charge on any atom is -0.490 e. The molecule has 1 aliphatic heterocycles. The summed E-state index contributed by atoms with van der Waals surface area (Å²) in [5.41, 5.74) is 0.343. The van der Waals surface area contributed by atoms with Crippen molar-refractivity contribution in [3.8, 4) is 17.6 Å². The topological polar surface area (TPSA) is 118 Å². The van der Waals surface area contributed by atoms with Gasteiger partial charge in [-0.2, -0.15) is 5.26 Å². The second-order valence-corrected chi connectivity index (χ2v) is 6.37. The summed E-state index contributed by atoms with van der Waals surface area (Å²) in [6.07, 6.45) is 3.17. The molecule has 0 bridgehead atoms. The smallest absolute Gasteiger partial charge is 0.341 e. The summed E-state index contributed by atoms with van der Waals surface area (Å²) in [7, 11) is 0. The molecule has 1 unspecified atom stereocenters. The van der Waals surface area contributed by atoms with Crippen LogP contribution in [0.5, 0.6) is 11.5 Å². The fraction of sp³-hybridized carbons (Fsp3) is 0.421. The number of nitriles is 1. The minimum absolute atomic E-state index is 0.0337. The Hall–Kier alpha value is -2.76. The molecule has 1 atom stereocenters. The number of rotatable bonds is 9. The van der Waals surface area contributed by atoms with Crippen molar-refractivity contribution in [2.45, 2.75) is 25.9 Å². The van der Waals surface area contributed by atoms with Gasteiger partial charge in [0.2, 0.25) is 0 Å². The first-order valence-electron chi connectivity index (χ1n) is 8.77. The van der Waals surface area contributed by atoms with E-state index in [0.29, 0.717) is 25.3 Å². The summed E-state index contributed by atoms with van der Waals surface area (Å²) in [4.78, 5) is 23.0. The third-order valence-electron chi connectivity index (χ3n) is 3.86. The molecule has 0 radical (unpaired) electrons. The summed E-state index contributed by atoms with van der Waals surface area (Å²) < 4.78 is 16.1. The first kappa shape index (κ1) is 21.5. The quantitative estimate of drug-likeness (QED) is 0.475. The number of benzene rings is 1. The lowest BCUT2D eigenvalue weighted by Gasteiger charge is -2.13. The van der Waals surface area contributed by atoms with Crippen LogP contribution in [0, 0.1) is 11.3 Å². The van der Waals surface area contributed by atoms with Crippen molar-refractivity contribution in [3.63, 3.8) is 0 Å². The SMILES string of the molecule is CCOc1cc(C=C(C#N)C(=O)NCC2CCCO2)cc(Cl)c1OCC(=O)O. The number of hydrogen-bond donors (Lipinski definition) is 2. The lowest BCUT2D eigenvalue weighted by molar-refractivity contribution is -0.139. The first-order valence-corrected chi connectivity index (χ1v) is 9.15. The Bertz CT molecular complexity index is 796. The fourth-order valence-electron chi connectivity index (χ4n) is 2.63. The molecule has 8 nitrogen and oxygen atoms in total. The van der Waals surface area contributed by atoms with Crippen LogP contribution in [0.15, 0.2) is 17.7 Å². The Morgan fingerprint density at radius 2 is 2.25 bits per heavy atom. The number of carboxylic acids is 1. The monoisotopic (exact) mass is 408 g/mol. The Kier molecular flexibility index (Phi) is 8.11. The van der Waals surface area contributed by atoms with E-state index in [4.69, 9.17) is 30.9 Å². The van der Waals surface area contributed by atoms with Gasteiger partial charge in [-0.25, -0.2) is 4.79 Å². The second kappa shape index (κ2) is 10.5. The van der Waals surface area contributed by atoms with Crippen molar-refractivity contribution in [2.24, 2.45) is 0 Å². The van der Waals surface area contributed by atoms with Gasteiger partial charge in [0.05, 0.1) is 17.7 Å². The van der Waals surface area contributed by atoms with E-state index in [1.165, 1.54) is 18.2 Å². The average Bonchev–Trinajstić information content (AvgIpc) is 3.17. The van der Waals surface area contributed by atoms with Gasteiger partial charge in [0.25, 0.3) is 5.91 Å². The number of carbonyl (C=O) groups is 2.